The highest BCUT2D eigenvalue weighted by Gasteiger charge is 2.27. The summed E-state index contributed by atoms with van der Waals surface area (Å²) in [7, 11) is 1.76. The Kier molecular flexibility index (Phi) is 7.86. The van der Waals surface area contributed by atoms with Crippen LogP contribution in [0.3, 0.4) is 0 Å². The van der Waals surface area contributed by atoms with E-state index in [0.29, 0.717) is 17.1 Å². The van der Waals surface area contributed by atoms with Crippen molar-refractivity contribution in [2.75, 3.05) is 13.6 Å². The largest absolute Gasteiger partial charge is 0.344 e. The molecule has 0 aliphatic heterocycles. The lowest BCUT2D eigenvalue weighted by Crippen LogP contribution is -2.50. The molecule has 2 amide bonds. The first-order valence-corrected chi connectivity index (χ1v) is 8.54. The minimum absolute atomic E-state index is 0.0263. The van der Waals surface area contributed by atoms with Crippen molar-refractivity contribution in [1.82, 2.24) is 10.2 Å². The van der Waals surface area contributed by atoms with Crippen molar-refractivity contribution in [3.63, 3.8) is 0 Å². The molecule has 0 aliphatic rings. The third-order valence-electron chi connectivity index (χ3n) is 3.62. The zero-order valence-corrected chi connectivity index (χ0v) is 15.5. The third kappa shape index (κ3) is 5.70. The summed E-state index contributed by atoms with van der Waals surface area (Å²) in [5.74, 6) is -0.490. The molecule has 0 saturated heterocycles. The van der Waals surface area contributed by atoms with Gasteiger partial charge in [0.1, 0.15) is 6.04 Å². The van der Waals surface area contributed by atoms with Crippen LogP contribution in [0.2, 0.25) is 10.0 Å². The molecule has 128 valence electrons. The number of nitrogens with zero attached hydrogens (tertiary/aromatic N) is 1. The number of hydrogen-bond donors (Lipinski definition) is 1. The van der Waals surface area contributed by atoms with Crippen LogP contribution in [-0.2, 0) is 4.79 Å². The number of likely N-dealkylation sites (N-methyl/N-ethyl adjacent to an activating group) is 1. The van der Waals surface area contributed by atoms with Gasteiger partial charge < -0.3 is 10.2 Å². The number of benzene rings is 1. The van der Waals surface area contributed by atoms with E-state index in [4.69, 9.17) is 23.2 Å². The van der Waals surface area contributed by atoms with Crippen LogP contribution in [0.1, 0.15) is 44.0 Å². The van der Waals surface area contributed by atoms with E-state index in [1.165, 1.54) is 6.07 Å². The van der Waals surface area contributed by atoms with Gasteiger partial charge in [0.05, 0.1) is 10.6 Å². The molecular formula is C17H24Cl2N2O2. The minimum Gasteiger partial charge on any atom is -0.344 e. The van der Waals surface area contributed by atoms with Crippen molar-refractivity contribution in [3.05, 3.63) is 33.8 Å². The lowest BCUT2D eigenvalue weighted by Gasteiger charge is -2.27. The highest BCUT2D eigenvalue weighted by Crippen LogP contribution is 2.21. The van der Waals surface area contributed by atoms with Crippen molar-refractivity contribution in [2.24, 2.45) is 5.92 Å². The van der Waals surface area contributed by atoms with E-state index in [1.54, 1.807) is 24.1 Å². The highest BCUT2D eigenvalue weighted by atomic mass is 35.5. The van der Waals surface area contributed by atoms with Crippen LogP contribution >= 0.6 is 23.2 Å². The highest BCUT2D eigenvalue weighted by molar-refractivity contribution is 6.36. The average Bonchev–Trinajstić information content (AvgIpc) is 2.48. The summed E-state index contributed by atoms with van der Waals surface area (Å²) >= 11 is 11.9. The summed E-state index contributed by atoms with van der Waals surface area (Å²) in [6.45, 7) is 6.55. The molecule has 0 aliphatic carbocycles. The van der Waals surface area contributed by atoms with Crippen molar-refractivity contribution < 1.29 is 9.59 Å². The molecule has 0 fully saturated rings. The summed E-state index contributed by atoms with van der Waals surface area (Å²) in [4.78, 5) is 26.6. The van der Waals surface area contributed by atoms with E-state index < -0.39 is 6.04 Å². The van der Waals surface area contributed by atoms with Crippen molar-refractivity contribution in [3.8, 4) is 0 Å². The molecule has 0 saturated carbocycles. The quantitative estimate of drug-likeness (QED) is 0.800. The fourth-order valence-corrected chi connectivity index (χ4v) is 2.64. The third-order valence-corrected chi connectivity index (χ3v) is 4.17. The van der Waals surface area contributed by atoms with Gasteiger partial charge in [-0.2, -0.15) is 0 Å². The number of carbonyl (C=O) groups excluding carboxylic acids is 2. The molecule has 1 unspecified atom stereocenters. The smallest absolute Gasteiger partial charge is 0.253 e. The second-order valence-corrected chi connectivity index (χ2v) is 6.78. The Morgan fingerprint density at radius 2 is 1.91 bits per heavy atom. The van der Waals surface area contributed by atoms with E-state index in [1.807, 2.05) is 13.8 Å². The maximum atomic E-state index is 12.6. The maximum Gasteiger partial charge on any atom is 0.253 e. The van der Waals surface area contributed by atoms with E-state index in [-0.39, 0.29) is 22.8 Å². The van der Waals surface area contributed by atoms with Crippen LogP contribution in [0, 0.1) is 5.92 Å². The molecule has 1 rings (SSSR count). The van der Waals surface area contributed by atoms with Crippen LogP contribution in [0.4, 0.5) is 0 Å². The maximum absolute atomic E-state index is 12.6. The van der Waals surface area contributed by atoms with E-state index >= 15 is 0 Å². The Hall–Kier alpha value is -1.26. The molecule has 0 radical (unpaired) electrons. The first-order chi connectivity index (χ1) is 10.8. The number of carbonyl (C=O) groups is 2. The lowest BCUT2D eigenvalue weighted by molar-refractivity contribution is -0.133. The minimum atomic E-state index is -0.587. The van der Waals surface area contributed by atoms with Crippen molar-refractivity contribution in [1.29, 1.82) is 0 Å². The number of unbranched alkanes of at least 4 members (excludes halogenated alkanes) is 1. The molecule has 1 aromatic rings. The molecule has 0 heterocycles. The number of rotatable bonds is 7. The van der Waals surface area contributed by atoms with E-state index in [0.717, 1.165) is 12.8 Å². The fourth-order valence-electron chi connectivity index (χ4n) is 2.15. The second-order valence-electron chi connectivity index (χ2n) is 5.93. The Bertz CT molecular complexity index is 562. The lowest BCUT2D eigenvalue weighted by atomic mass is 10.0. The fraction of sp³-hybridized carbons (Fsp3) is 0.529. The molecule has 1 atom stereocenters. The molecule has 0 spiro atoms. The van der Waals surface area contributed by atoms with E-state index in [9.17, 15) is 9.59 Å². The summed E-state index contributed by atoms with van der Waals surface area (Å²) in [5, 5.41) is 3.52. The van der Waals surface area contributed by atoms with Gasteiger partial charge in [-0.15, -0.1) is 0 Å². The zero-order chi connectivity index (χ0) is 17.6. The molecule has 0 aromatic heterocycles. The Labute approximate surface area is 148 Å². The van der Waals surface area contributed by atoms with Gasteiger partial charge >= 0.3 is 0 Å². The number of halogens is 2. The zero-order valence-electron chi connectivity index (χ0n) is 14.0. The topological polar surface area (TPSA) is 49.4 Å². The number of amides is 2. The van der Waals surface area contributed by atoms with Gasteiger partial charge in [-0.1, -0.05) is 50.4 Å². The number of hydrogen-bond acceptors (Lipinski definition) is 2. The average molecular weight is 359 g/mol. The Balaban J connectivity index is 2.86. The Morgan fingerprint density at radius 3 is 2.43 bits per heavy atom. The van der Waals surface area contributed by atoms with Crippen LogP contribution in [0.5, 0.6) is 0 Å². The molecule has 4 nitrogen and oxygen atoms in total. The Morgan fingerprint density at radius 1 is 1.26 bits per heavy atom. The van der Waals surface area contributed by atoms with Gasteiger partial charge in [0.25, 0.3) is 5.91 Å². The van der Waals surface area contributed by atoms with Crippen LogP contribution in [0.15, 0.2) is 18.2 Å². The van der Waals surface area contributed by atoms with Crippen LogP contribution in [0.25, 0.3) is 0 Å². The van der Waals surface area contributed by atoms with Gasteiger partial charge in [-0.05, 0) is 30.5 Å². The molecule has 0 bridgehead atoms. The predicted molar refractivity (Wildman–Crippen MR) is 95.1 cm³/mol. The standard InChI is InChI=1S/C17H24Cl2N2O2/c1-5-6-9-21(4)17(23)15(11(2)3)20-16(22)13-8-7-12(18)10-14(13)19/h7-8,10-11,15H,5-6,9H2,1-4H3,(H,20,22). The summed E-state index contributed by atoms with van der Waals surface area (Å²) in [6.07, 6.45) is 1.95. The van der Waals surface area contributed by atoms with E-state index in [2.05, 4.69) is 12.2 Å². The van der Waals surface area contributed by atoms with Gasteiger partial charge in [0.2, 0.25) is 5.91 Å². The normalized spacial score (nSPS) is 12.1. The monoisotopic (exact) mass is 358 g/mol. The summed E-state index contributed by atoms with van der Waals surface area (Å²) < 4.78 is 0. The molecule has 1 aromatic carbocycles. The van der Waals surface area contributed by atoms with Crippen LogP contribution < -0.4 is 5.32 Å². The second kappa shape index (κ2) is 9.14. The first-order valence-electron chi connectivity index (χ1n) is 7.78. The molecular weight excluding hydrogens is 335 g/mol. The molecule has 6 heteroatoms. The van der Waals surface area contributed by atoms with Crippen molar-refractivity contribution in [2.45, 2.75) is 39.7 Å². The summed E-state index contributed by atoms with van der Waals surface area (Å²) in [5.41, 5.74) is 0.311. The molecule has 23 heavy (non-hydrogen) atoms. The summed E-state index contributed by atoms with van der Waals surface area (Å²) in [6, 6.07) is 4.08. The van der Waals surface area contributed by atoms with Gasteiger partial charge in [-0.3, -0.25) is 9.59 Å². The van der Waals surface area contributed by atoms with Crippen molar-refractivity contribution >= 4 is 35.0 Å². The predicted octanol–water partition coefficient (Wildman–Crippen LogP) is 4.01. The number of nitrogens with one attached hydrogen (secondary N) is 1. The van der Waals surface area contributed by atoms with Gasteiger partial charge in [-0.25, -0.2) is 0 Å². The van der Waals surface area contributed by atoms with Crippen LogP contribution in [-0.4, -0.2) is 36.3 Å². The first kappa shape index (κ1) is 19.8. The molecule has 1 N–H and O–H groups in total. The van der Waals surface area contributed by atoms with Gasteiger partial charge in [0.15, 0.2) is 0 Å². The SMILES string of the molecule is CCCCN(C)C(=O)C(NC(=O)c1ccc(Cl)cc1Cl)C(C)C. The van der Waals surface area contributed by atoms with Gasteiger partial charge in [0, 0.05) is 18.6 Å².